The van der Waals surface area contributed by atoms with E-state index in [1.54, 1.807) is 25.3 Å². The molecule has 0 radical (unpaired) electrons. The third kappa shape index (κ3) is 3.63. The van der Waals surface area contributed by atoms with Crippen LogP contribution in [0.3, 0.4) is 0 Å². The van der Waals surface area contributed by atoms with E-state index in [2.05, 4.69) is 15.0 Å². The van der Waals surface area contributed by atoms with Crippen LogP contribution >= 0.6 is 0 Å². The second-order valence-corrected chi connectivity index (χ2v) is 6.93. The van der Waals surface area contributed by atoms with E-state index < -0.39 is 15.9 Å². The number of hydrogen-bond donors (Lipinski definition) is 2. The molecule has 0 bridgehead atoms. The Balaban J connectivity index is 1.67. The monoisotopic (exact) mass is 359 g/mol. The van der Waals surface area contributed by atoms with Crippen molar-refractivity contribution in [3.8, 4) is 5.75 Å². The SMILES string of the molecule is COc1ccccc1CCNC(=O)C1=NS(=O)(=O)c2ccccc2N1. The van der Waals surface area contributed by atoms with Crippen LogP contribution in [0.15, 0.2) is 57.8 Å². The molecule has 0 fully saturated rings. The molecule has 2 aromatic carbocycles. The van der Waals surface area contributed by atoms with Crippen LogP contribution in [0.2, 0.25) is 0 Å². The van der Waals surface area contributed by atoms with Gasteiger partial charge >= 0.3 is 0 Å². The number of amides is 1. The van der Waals surface area contributed by atoms with Gasteiger partial charge in [-0.05, 0) is 30.2 Å². The Morgan fingerprint density at radius 2 is 1.88 bits per heavy atom. The summed E-state index contributed by atoms with van der Waals surface area (Å²) in [6.45, 7) is 0.321. The van der Waals surface area contributed by atoms with E-state index in [0.29, 0.717) is 18.7 Å². The Labute approximate surface area is 145 Å². The van der Waals surface area contributed by atoms with E-state index in [0.717, 1.165) is 11.3 Å². The molecule has 3 rings (SSSR count). The number of ether oxygens (including phenoxy) is 1. The summed E-state index contributed by atoms with van der Waals surface area (Å²) in [5.41, 5.74) is 1.29. The summed E-state index contributed by atoms with van der Waals surface area (Å²) >= 11 is 0. The van der Waals surface area contributed by atoms with Gasteiger partial charge in [0.2, 0.25) is 5.84 Å². The third-order valence-electron chi connectivity index (χ3n) is 3.72. The largest absolute Gasteiger partial charge is 0.496 e. The Bertz CT molecular complexity index is 938. The van der Waals surface area contributed by atoms with Gasteiger partial charge in [0.05, 0.1) is 12.8 Å². The summed E-state index contributed by atoms with van der Waals surface area (Å²) in [5, 5.41) is 5.43. The van der Waals surface area contributed by atoms with Crippen LogP contribution in [-0.4, -0.2) is 33.8 Å². The minimum atomic E-state index is -3.88. The smallest absolute Gasteiger partial charge is 0.287 e. The van der Waals surface area contributed by atoms with Crippen LogP contribution in [0.25, 0.3) is 0 Å². The normalized spacial score (nSPS) is 14.7. The van der Waals surface area contributed by atoms with Crippen molar-refractivity contribution in [2.45, 2.75) is 11.3 Å². The van der Waals surface area contributed by atoms with Gasteiger partial charge in [-0.3, -0.25) is 4.79 Å². The van der Waals surface area contributed by atoms with Crippen molar-refractivity contribution in [2.75, 3.05) is 19.0 Å². The molecule has 0 spiro atoms. The summed E-state index contributed by atoms with van der Waals surface area (Å²) in [4.78, 5) is 12.3. The number of rotatable bonds is 5. The molecular weight excluding hydrogens is 342 g/mol. The lowest BCUT2D eigenvalue weighted by Gasteiger charge is -2.17. The van der Waals surface area contributed by atoms with Gasteiger partial charge in [0.25, 0.3) is 15.9 Å². The molecule has 0 aromatic heterocycles. The lowest BCUT2D eigenvalue weighted by molar-refractivity contribution is -0.114. The summed E-state index contributed by atoms with van der Waals surface area (Å²) in [6.07, 6.45) is 0.548. The molecule has 8 heteroatoms. The molecule has 25 heavy (non-hydrogen) atoms. The van der Waals surface area contributed by atoms with E-state index in [4.69, 9.17) is 4.74 Å². The molecular formula is C17H17N3O4S. The van der Waals surface area contributed by atoms with Crippen LogP contribution in [0, 0.1) is 0 Å². The fourth-order valence-electron chi connectivity index (χ4n) is 2.52. The van der Waals surface area contributed by atoms with Crippen molar-refractivity contribution in [1.29, 1.82) is 0 Å². The van der Waals surface area contributed by atoms with Crippen LogP contribution in [0.4, 0.5) is 5.69 Å². The fraction of sp³-hybridized carbons (Fsp3) is 0.176. The zero-order valence-corrected chi connectivity index (χ0v) is 14.3. The Morgan fingerprint density at radius 1 is 1.16 bits per heavy atom. The standard InChI is InChI=1S/C17H17N3O4S/c1-24-14-8-4-2-6-12(14)10-11-18-17(21)16-19-13-7-3-5-9-15(13)25(22,23)20-16/h2-9H,10-11H2,1H3,(H,18,21)(H,19,20). The first-order chi connectivity index (χ1) is 12.0. The number of benzene rings is 2. The molecule has 1 heterocycles. The number of sulfonamides is 1. The van der Waals surface area contributed by atoms with Gasteiger partial charge in [-0.1, -0.05) is 30.3 Å². The van der Waals surface area contributed by atoms with Crippen molar-refractivity contribution in [1.82, 2.24) is 5.32 Å². The number of carbonyl (C=O) groups excluding carboxylic acids is 1. The lowest BCUT2D eigenvalue weighted by atomic mass is 10.1. The minimum Gasteiger partial charge on any atom is -0.496 e. The maximum Gasteiger partial charge on any atom is 0.287 e. The number of anilines is 1. The zero-order chi connectivity index (χ0) is 17.9. The van der Waals surface area contributed by atoms with Gasteiger partial charge in [0, 0.05) is 6.54 Å². The predicted molar refractivity (Wildman–Crippen MR) is 94.4 cm³/mol. The van der Waals surface area contributed by atoms with Crippen LogP contribution in [0.1, 0.15) is 5.56 Å². The number of para-hydroxylation sites is 2. The van der Waals surface area contributed by atoms with Gasteiger partial charge < -0.3 is 15.4 Å². The van der Waals surface area contributed by atoms with E-state index in [1.165, 1.54) is 6.07 Å². The quantitative estimate of drug-likeness (QED) is 0.845. The number of nitrogens with zero attached hydrogens (tertiary/aromatic N) is 1. The molecule has 0 saturated heterocycles. The van der Waals surface area contributed by atoms with Gasteiger partial charge in [0.15, 0.2) is 0 Å². The van der Waals surface area contributed by atoms with E-state index in [1.807, 2.05) is 24.3 Å². The van der Waals surface area contributed by atoms with Crippen LogP contribution in [0.5, 0.6) is 5.75 Å². The molecule has 0 unspecified atom stereocenters. The number of fused-ring (bicyclic) bond motifs is 1. The lowest BCUT2D eigenvalue weighted by Crippen LogP contribution is -2.39. The highest BCUT2D eigenvalue weighted by molar-refractivity contribution is 7.90. The molecule has 130 valence electrons. The number of carbonyl (C=O) groups is 1. The topological polar surface area (TPSA) is 96.9 Å². The van der Waals surface area contributed by atoms with Gasteiger partial charge in [0.1, 0.15) is 10.6 Å². The fourth-order valence-corrected chi connectivity index (χ4v) is 3.63. The molecule has 0 atom stereocenters. The first kappa shape index (κ1) is 17.0. The van der Waals surface area contributed by atoms with Crippen molar-refractivity contribution in [2.24, 2.45) is 4.40 Å². The first-order valence-corrected chi connectivity index (χ1v) is 9.06. The Hall–Kier alpha value is -2.87. The van der Waals surface area contributed by atoms with E-state index >= 15 is 0 Å². The average Bonchev–Trinajstić information content (AvgIpc) is 2.61. The maximum absolute atomic E-state index is 12.2. The first-order valence-electron chi connectivity index (χ1n) is 7.62. The molecule has 1 aliphatic heterocycles. The average molecular weight is 359 g/mol. The molecule has 1 amide bonds. The highest BCUT2D eigenvalue weighted by Gasteiger charge is 2.27. The van der Waals surface area contributed by atoms with Crippen molar-refractivity contribution >= 4 is 27.5 Å². The Morgan fingerprint density at radius 3 is 2.68 bits per heavy atom. The molecule has 2 N–H and O–H groups in total. The third-order valence-corrected chi connectivity index (χ3v) is 5.05. The maximum atomic E-state index is 12.2. The second kappa shape index (κ2) is 6.94. The summed E-state index contributed by atoms with van der Waals surface area (Å²) in [7, 11) is -2.30. The van der Waals surface area contributed by atoms with Crippen molar-refractivity contribution < 1.29 is 17.9 Å². The molecule has 2 aromatic rings. The van der Waals surface area contributed by atoms with Crippen LogP contribution < -0.4 is 15.4 Å². The highest BCUT2D eigenvalue weighted by atomic mass is 32.2. The second-order valence-electron chi connectivity index (χ2n) is 5.35. The molecule has 1 aliphatic rings. The summed E-state index contributed by atoms with van der Waals surface area (Å²) in [6, 6.07) is 13.8. The predicted octanol–water partition coefficient (Wildman–Crippen LogP) is 1.57. The molecule has 7 nitrogen and oxygen atoms in total. The van der Waals surface area contributed by atoms with Gasteiger partial charge in [-0.2, -0.15) is 8.42 Å². The minimum absolute atomic E-state index is 0.0561. The molecule has 0 aliphatic carbocycles. The summed E-state index contributed by atoms with van der Waals surface area (Å²) in [5.74, 6) is -0.0758. The zero-order valence-electron chi connectivity index (χ0n) is 13.5. The number of methoxy groups -OCH3 is 1. The number of amidine groups is 1. The van der Waals surface area contributed by atoms with Gasteiger partial charge in [-0.25, -0.2) is 0 Å². The van der Waals surface area contributed by atoms with E-state index in [-0.39, 0.29) is 10.7 Å². The Kier molecular flexibility index (Phi) is 4.71. The summed E-state index contributed by atoms with van der Waals surface area (Å²) < 4.78 is 33.1. The van der Waals surface area contributed by atoms with Crippen molar-refractivity contribution in [3.63, 3.8) is 0 Å². The molecule has 0 saturated carbocycles. The van der Waals surface area contributed by atoms with Crippen molar-refractivity contribution in [3.05, 3.63) is 54.1 Å². The van der Waals surface area contributed by atoms with Crippen LogP contribution in [-0.2, 0) is 21.2 Å². The van der Waals surface area contributed by atoms with E-state index in [9.17, 15) is 13.2 Å². The highest BCUT2D eigenvalue weighted by Crippen LogP contribution is 2.26. The number of nitrogens with one attached hydrogen (secondary N) is 2. The van der Waals surface area contributed by atoms with Gasteiger partial charge in [-0.15, -0.1) is 4.40 Å². The number of hydrogen-bond acceptors (Lipinski definition) is 5.